The average molecular weight is 364 g/mol. The Kier molecular flexibility index (Phi) is 6.05. The standard InChI is InChI=1S/C16H20N4O4S/c1-2-3-4-6-11-7-5-8-12(15(11)25(17,23)24)19-20-13-9-10-14(21)18-16(13)22/h5,7-10H,2-4,6H2,1H3,(H2,17,23,24)(H2,18,21,22). The zero-order chi connectivity index (χ0) is 18.4. The topological polar surface area (TPSA) is 138 Å². The molecule has 0 radical (unpaired) electrons. The summed E-state index contributed by atoms with van der Waals surface area (Å²) in [6.07, 6.45) is 3.38. The van der Waals surface area contributed by atoms with Gasteiger partial charge in [-0.05, 0) is 30.5 Å². The molecule has 2 rings (SSSR count). The fraction of sp³-hybridized carbons (Fsp3) is 0.312. The molecule has 0 aliphatic carbocycles. The predicted octanol–water partition coefficient (Wildman–Crippen LogP) is 2.88. The first-order valence-electron chi connectivity index (χ1n) is 7.81. The first-order chi connectivity index (χ1) is 11.8. The van der Waals surface area contributed by atoms with Crippen LogP contribution < -0.4 is 10.7 Å². The lowest BCUT2D eigenvalue weighted by atomic mass is 10.1. The molecule has 0 atom stereocenters. The van der Waals surface area contributed by atoms with E-state index < -0.39 is 21.5 Å². The lowest BCUT2D eigenvalue weighted by Gasteiger charge is -2.09. The van der Waals surface area contributed by atoms with Crippen molar-refractivity contribution in [3.05, 3.63) is 46.2 Å². The zero-order valence-electron chi connectivity index (χ0n) is 13.8. The van der Waals surface area contributed by atoms with Crippen LogP contribution in [0.1, 0.15) is 31.7 Å². The molecule has 0 saturated carbocycles. The second-order valence-electron chi connectivity index (χ2n) is 5.52. The summed E-state index contributed by atoms with van der Waals surface area (Å²) in [6, 6.07) is 7.31. The summed E-state index contributed by atoms with van der Waals surface area (Å²) >= 11 is 0. The number of aromatic amines is 1. The highest BCUT2D eigenvalue weighted by molar-refractivity contribution is 7.89. The van der Waals surface area contributed by atoms with E-state index in [-0.39, 0.29) is 16.3 Å². The molecule has 1 heterocycles. The van der Waals surface area contributed by atoms with Crippen molar-refractivity contribution in [2.75, 3.05) is 0 Å². The summed E-state index contributed by atoms with van der Waals surface area (Å²) in [5.41, 5.74) is 0.191. The molecule has 0 aliphatic rings. The normalized spacial score (nSPS) is 11.9. The van der Waals surface area contributed by atoms with Crippen LogP contribution in [-0.2, 0) is 16.4 Å². The highest BCUT2D eigenvalue weighted by Crippen LogP contribution is 2.31. The summed E-state index contributed by atoms with van der Waals surface area (Å²) in [4.78, 5) is 13.2. The molecule has 0 aliphatic heterocycles. The number of sulfonamides is 1. The molecule has 8 nitrogen and oxygen atoms in total. The number of aryl methyl sites for hydroxylation is 1. The van der Waals surface area contributed by atoms with E-state index in [1.807, 2.05) is 0 Å². The van der Waals surface area contributed by atoms with Crippen LogP contribution in [0.4, 0.5) is 11.4 Å². The van der Waals surface area contributed by atoms with Crippen molar-refractivity contribution >= 4 is 21.4 Å². The van der Waals surface area contributed by atoms with E-state index in [0.29, 0.717) is 12.0 Å². The van der Waals surface area contributed by atoms with E-state index >= 15 is 0 Å². The van der Waals surface area contributed by atoms with Crippen LogP contribution in [0.3, 0.4) is 0 Å². The van der Waals surface area contributed by atoms with Gasteiger partial charge in [-0.2, -0.15) is 0 Å². The Morgan fingerprint density at radius 1 is 1.12 bits per heavy atom. The van der Waals surface area contributed by atoms with E-state index in [2.05, 4.69) is 22.1 Å². The number of nitrogens with two attached hydrogens (primary N) is 1. The average Bonchev–Trinajstić information content (AvgIpc) is 2.53. The third kappa shape index (κ3) is 4.97. The summed E-state index contributed by atoms with van der Waals surface area (Å²) in [6.45, 7) is 2.06. The molecule has 0 spiro atoms. The van der Waals surface area contributed by atoms with Crippen LogP contribution in [0, 0.1) is 0 Å². The van der Waals surface area contributed by atoms with Gasteiger partial charge in [-0.3, -0.25) is 9.78 Å². The number of pyridine rings is 1. The van der Waals surface area contributed by atoms with Gasteiger partial charge in [0.05, 0.1) is 0 Å². The summed E-state index contributed by atoms with van der Waals surface area (Å²) < 4.78 is 24.0. The van der Waals surface area contributed by atoms with Crippen molar-refractivity contribution in [1.29, 1.82) is 0 Å². The van der Waals surface area contributed by atoms with Crippen LogP contribution in [0.15, 0.2) is 50.3 Å². The molecule has 0 unspecified atom stereocenters. The van der Waals surface area contributed by atoms with Gasteiger partial charge in [0, 0.05) is 6.07 Å². The molecule has 0 fully saturated rings. The molecule has 2 aromatic rings. The molecule has 1 aromatic carbocycles. The van der Waals surface area contributed by atoms with Crippen molar-refractivity contribution in [3.63, 3.8) is 0 Å². The van der Waals surface area contributed by atoms with Gasteiger partial charge < -0.3 is 5.11 Å². The summed E-state index contributed by atoms with van der Waals surface area (Å²) in [5.74, 6) is -0.451. The first kappa shape index (κ1) is 18.8. The molecule has 134 valence electrons. The second kappa shape index (κ2) is 8.04. The van der Waals surface area contributed by atoms with Crippen molar-refractivity contribution < 1.29 is 13.5 Å². The lowest BCUT2D eigenvalue weighted by molar-refractivity contribution is 0.453. The van der Waals surface area contributed by atoms with Crippen molar-refractivity contribution in [1.82, 2.24) is 4.98 Å². The minimum Gasteiger partial charge on any atom is -0.493 e. The van der Waals surface area contributed by atoms with Gasteiger partial charge in [0.1, 0.15) is 16.3 Å². The van der Waals surface area contributed by atoms with Gasteiger partial charge in [0.15, 0.2) is 0 Å². The molecule has 0 bridgehead atoms. The summed E-state index contributed by atoms with van der Waals surface area (Å²) in [5, 5.41) is 22.7. The lowest BCUT2D eigenvalue weighted by Crippen LogP contribution is -2.15. The summed E-state index contributed by atoms with van der Waals surface area (Å²) in [7, 11) is -4.00. The van der Waals surface area contributed by atoms with Gasteiger partial charge in [0.25, 0.3) is 5.56 Å². The molecule has 9 heteroatoms. The minimum atomic E-state index is -4.00. The minimum absolute atomic E-state index is 0.0105. The number of benzene rings is 1. The fourth-order valence-corrected chi connectivity index (χ4v) is 3.32. The van der Waals surface area contributed by atoms with E-state index in [0.717, 1.165) is 19.3 Å². The Morgan fingerprint density at radius 3 is 2.48 bits per heavy atom. The van der Waals surface area contributed by atoms with Crippen molar-refractivity contribution in [2.24, 2.45) is 15.4 Å². The van der Waals surface area contributed by atoms with Gasteiger partial charge in [-0.1, -0.05) is 31.9 Å². The third-order valence-electron chi connectivity index (χ3n) is 3.55. The quantitative estimate of drug-likeness (QED) is 0.513. The van der Waals surface area contributed by atoms with E-state index in [9.17, 15) is 18.3 Å². The Labute approximate surface area is 145 Å². The monoisotopic (exact) mass is 364 g/mol. The molecule has 4 N–H and O–H groups in total. The van der Waals surface area contributed by atoms with Crippen LogP contribution in [-0.4, -0.2) is 18.5 Å². The second-order valence-corrected chi connectivity index (χ2v) is 7.02. The highest BCUT2D eigenvalue weighted by Gasteiger charge is 2.19. The number of primary sulfonamides is 1. The van der Waals surface area contributed by atoms with Crippen molar-refractivity contribution in [2.45, 2.75) is 37.5 Å². The molecule has 1 aromatic heterocycles. The predicted molar refractivity (Wildman–Crippen MR) is 93.9 cm³/mol. The Hall–Kier alpha value is -2.52. The number of hydrogen-bond acceptors (Lipinski definition) is 6. The first-order valence-corrected chi connectivity index (χ1v) is 9.36. The molecule has 0 amide bonds. The van der Waals surface area contributed by atoms with Gasteiger partial charge in [-0.25, -0.2) is 13.6 Å². The van der Waals surface area contributed by atoms with Crippen LogP contribution >= 0.6 is 0 Å². The van der Waals surface area contributed by atoms with Crippen LogP contribution in [0.2, 0.25) is 0 Å². The third-order valence-corrected chi connectivity index (χ3v) is 4.59. The van der Waals surface area contributed by atoms with Crippen molar-refractivity contribution in [3.8, 4) is 5.88 Å². The number of nitrogens with one attached hydrogen (secondary N) is 1. The number of H-pyrrole nitrogens is 1. The zero-order valence-corrected chi connectivity index (χ0v) is 14.6. The van der Waals surface area contributed by atoms with E-state index in [1.165, 1.54) is 18.2 Å². The number of azo groups is 1. The molecular formula is C16H20N4O4S. The smallest absolute Gasteiger partial charge is 0.250 e. The number of aromatic hydroxyl groups is 1. The van der Waals surface area contributed by atoms with Gasteiger partial charge in [0.2, 0.25) is 15.9 Å². The van der Waals surface area contributed by atoms with Crippen LogP contribution in [0.25, 0.3) is 0 Å². The number of aromatic nitrogens is 1. The molecular weight excluding hydrogens is 344 g/mol. The maximum absolute atomic E-state index is 12.0. The Morgan fingerprint density at radius 2 is 1.84 bits per heavy atom. The highest BCUT2D eigenvalue weighted by atomic mass is 32.2. The van der Waals surface area contributed by atoms with Gasteiger partial charge >= 0.3 is 0 Å². The largest absolute Gasteiger partial charge is 0.493 e. The number of nitrogens with zero attached hydrogens (tertiary/aromatic N) is 2. The number of unbranched alkanes of at least 4 members (excludes halogenated alkanes) is 2. The molecule has 25 heavy (non-hydrogen) atoms. The maximum atomic E-state index is 12.0. The van der Waals surface area contributed by atoms with Crippen LogP contribution in [0.5, 0.6) is 5.88 Å². The number of hydrogen-bond donors (Lipinski definition) is 3. The Bertz CT molecular complexity index is 935. The van der Waals surface area contributed by atoms with Gasteiger partial charge in [-0.15, -0.1) is 10.2 Å². The maximum Gasteiger partial charge on any atom is 0.250 e. The van der Waals surface area contributed by atoms with E-state index in [1.54, 1.807) is 12.1 Å². The Balaban J connectivity index is 2.44. The fourth-order valence-electron chi connectivity index (χ4n) is 2.39. The molecule has 0 saturated heterocycles. The SMILES string of the molecule is CCCCCc1cccc(N=Nc2ccc(=O)[nH]c2O)c1S(N)(=O)=O. The van der Waals surface area contributed by atoms with E-state index in [4.69, 9.17) is 5.14 Å². The number of rotatable bonds is 7.